The topological polar surface area (TPSA) is 225 Å². The molecule has 0 aliphatic carbocycles. The van der Waals surface area contributed by atoms with Crippen LogP contribution in [0.2, 0.25) is 0 Å². The Morgan fingerprint density at radius 1 is 0.808 bits per heavy atom. The van der Waals surface area contributed by atoms with Crippen LogP contribution in [0.25, 0.3) is 22.1 Å². The van der Waals surface area contributed by atoms with Gasteiger partial charge in [-0.15, -0.1) is 0 Å². The van der Waals surface area contributed by atoms with Gasteiger partial charge in [0.05, 0.1) is 34.0 Å². The minimum Gasteiger partial charge on any atom is -0.489 e. The van der Waals surface area contributed by atoms with Crippen LogP contribution in [0.3, 0.4) is 0 Å². The number of hydrogen-bond acceptors (Lipinski definition) is 9. The Bertz CT molecular complexity index is 2420. The van der Waals surface area contributed by atoms with Crippen LogP contribution in [0.4, 0.5) is 11.9 Å². The molecule has 0 saturated heterocycles. The van der Waals surface area contributed by atoms with Crippen LogP contribution in [0.5, 0.6) is 5.75 Å². The van der Waals surface area contributed by atoms with Crippen molar-refractivity contribution >= 4 is 57.6 Å². The van der Waals surface area contributed by atoms with Gasteiger partial charge in [-0.1, -0.05) is 0 Å². The van der Waals surface area contributed by atoms with Gasteiger partial charge in [-0.2, -0.15) is 10.2 Å². The van der Waals surface area contributed by atoms with Crippen molar-refractivity contribution in [3.8, 4) is 5.75 Å². The second-order valence-electron chi connectivity index (χ2n) is 12.7. The first-order chi connectivity index (χ1) is 24.9. The maximum atomic E-state index is 13.6. The fourth-order valence-electron chi connectivity index (χ4n) is 6.72. The molecule has 6 N–H and O–H groups in total. The lowest BCUT2D eigenvalue weighted by molar-refractivity contribution is 0.0991. The lowest BCUT2D eigenvalue weighted by atomic mass is 10.1. The molecule has 0 fully saturated rings. The fraction of sp³-hybridized carbons (Fsp3) is 0.314. The van der Waals surface area contributed by atoms with Crippen LogP contribution in [0.1, 0.15) is 85.8 Å². The van der Waals surface area contributed by atoms with E-state index in [0.29, 0.717) is 101 Å². The smallest absolute Gasteiger partial charge is 0.276 e. The number of rotatable bonds is 12. The predicted octanol–water partition coefficient (Wildman–Crippen LogP) is 3.55. The quantitative estimate of drug-likeness (QED) is 0.146. The number of fused-ring (bicyclic) bond motifs is 1. The normalized spacial score (nSPS) is 13.7. The highest BCUT2D eigenvalue weighted by Crippen LogP contribution is 2.39. The molecule has 4 aromatic heterocycles. The summed E-state index contributed by atoms with van der Waals surface area (Å²) in [6, 6.07) is 11.3. The molecular weight excluding hydrogens is 668 g/mol. The number of anilines is 2. The highest BCUT2D eigenvalue weighted by atomic mass is 16.5. The molecular formula is C35H38N12O5. The fourth-order valence-corrected chi connectivity index (χ4v) is 6.72. The summed E-state index contributed by atoms with van der Waals surface area (Å²) in [5.74, 6) is -0.942. The second kappa shape index (κ2) is 13.3. The number of hydrogen-bond donors (Lipinski definition) is 4. The van der Waals surface area contributed by atoms with Crippen LogP contribution < -0.4 is 26.8 Å². The number of amides is 4. The average Bonchev–Trinajstić information content (AvgIpc) is 3.88. The van der Waals surface area contributed by atoms with Gasteiger partial charge < -0.3 is 25.3 Å². The molecule has 0 spiro atoms. The Kier molecular flexibility index (Phi) is 8.69. The molecule has 1 atom stereocenters. The second-order valence-corrected chi connectivity index (χ2v) is 12.7. The molecule has 1 aliphatic rings. The standard InChI is InChI=1S/C35H38N12O5/c1-5-45-26(12-18(3)42-45)32(50)40-34-38-23-14-20(30(36)48)9-10-25(23)44(34)11-7-8-22-17-52-28-16-21(31(37)49)15-24-29(28)47(22)35(39-24)41-33(51)27-13-19(4)43-46(27)6-2/h9-10,12-16,22H,5-8,11,17H2,1-4H3,(H2,36,48)(H2,37,49)(H,38,40,50)(H,39,41,51)/t22-/m1/s1. The van der Waals surface area contributed by atoms with E-state index >= 15 is 0 Å². The molecule has 4 amide bonds. The van der Waals surface area contributed by atoms with Crippen LogP contribution in [0.15, 0.2) is 42.5 Å². The van der Waals surface area contributed by atoms with Crippen molar-refractivity contribution in [1.29, 1.82) is 0 Å². The van der Waals surface area contributed by atoms with Gasteiger partial charge in [-0.05, 0) is 83.0 Å². The number of carbonyl (C=O) groups is 4. The number of carbonyl (C=O) groups excluding carboxylic acids is 4. The summed E-state index contributed by atoms with van der Waals surface area (Å²) >= 11 is 0. The molecule has 52 heavy (non-hydrogen) atoms. The zero-order valence-electron chi connectivity index (χ0n) is 29.1. The number of nitrogens with zero attached hydrogens (tertiary/aromatic N) is 8. The number of nitrogens with one attached hydrogen (secondary N) is 2. The first-order valence-corrected chi connectivity index (χ1v) is 17.0. The molecule has 0 saturated carbocycles. The lowest BCUT2D eigenvalue weighted by Gasteiger charge is -2.27. The monoisotopic (exact) mass is 706 g/mol. The Hall–Kier alpha value is -6.52. The molecule has 17 heteroatoms. The molecule has 6 aromatic rings. The summed E-state index contributed by atoms with van der Waals surface area (Å²) in [6.07, 6.45) is 1.14. The maximum Gasteiger partial charge on any atom is 0.276 e. The van der Waals surface area contributed by atoms with Gasteiger partial charge in [-0.25, -0.2) is 9.97 Å². The van der Waals surface area contributed by atoms with Gasteiger partial charge in [0.2, 0.25) is 23.7 Å². The summed E-state index contributed by atoms with van der Waals surface area (Å²) in [6.45, 7) is 9.11. The van der Waals surface area contributed by atoms with E-state index in [1.807, 2.05) is 36.8 Å². The Morgan fingerprint density at radius 3 is 2.02 bits per heavy atom. The number of benzene rings is 2. The lowest BCUT2D eigenvalue weighted by Crippen LogP contribution is -2.26. The van der Waals surface area contributed by atoms with Crippen molar-refractivity contribution in [3.63, 3.8) is 0 Å². The van der Waals surface area contributed by atoms with Crippen molar-refractivity contribution in [1.82, 2.24) is 38.7 Å². The van der Waals surface area contributed by atoms with Crippen LogP contribution >= 0.6 is 0 Å². The molecule has 5 heterocycles. The van der Waals surface area contributed by atoms with Gasteiger partial charge in [0.25, 0.3) is 11.8 Å². The van der Waals surface area contributed by atoms with E-state index in [0.717, 1.165) is 0 Å². The van der Waals surface area contributed by atoms with Crippen molar-refractivity contribution in [2.75, 3.05) is 17.2 Å². The predicted molar refractivity (Wildman–Crippen MR) is 191 cm³/mol. The van der Waals surface area contributed by atoms with Crippen LogP contribution in [-0.2, 0) is 19.6 Å². The molecule has 2 aromatic carbocycles. The van der Waals surface area contributed by atoms with E-state index < -0.39 is 11.8 Å². The molecule has 268 valence electrons. The number of imidazole rings is 2. The van der Waals surface area contributed by atoms with Gasteiger partial charge in [0.15, 0.2) is 0 Å². The van der Waals surface area contributed by atoms with E-state index in [-0.39, 0.29) is 30.0 Å². The minimum absolute atomic E-state index is 0.228. The molecule has 17 nitrogen and oxygen atoms in total. The van der Waals surface area contributed by atoms with Crippen molar-refractivity contribution in [2.45, 2.75) is 66.2 Å². The number of aryl methyl sites for hydroxylation is 5. The highest BCUT2D eigenvalue weighted by Gasteiger charge is 2.30. The minimum atomic E-state index is -0.626. The first-order valence-electron chi connectivity index (χ1n) is 17.0. The molecule has 0 bridgehead atoms. The van der Waals surface area contributed by atoms with Gasteiger partial charge >= 0.3 is 0 Å². The summed E-state index contributed by atoms with van der Waals surface area (Å²) in [4.78, 5) is 60.5. The van der Waals surface area contributed by atoms with E-state index in [1.165, 1.54) is 0 Å². The third-order valence-electron chi connectivity index (χ3n) is 9.10. The molecule has 1 aliphatic heterocycles. The number of aromatic nitrogens is 8. The van der Waals surface area contributed by atoms with E-state index in [4.69, 9.17) is 21.2 Å². The zero-order chi connectivity index (χ0) is 36.8. The number of ether oxygens (including phenoxy) is 1. The SMILES string of the molecule is CCn1nc(C)cc1C(=O)Nc1nc2cc(C(N)=O)ccc2n1CCC[C@@H]1COc2cc(C(N)=O)cc3nc(NC(=O)c4cc(C)nn4CC)n1c23. The van der Waals surface area contributed by atoms with Gasteiger partial charge in [0, 0.05) is 30.8 Å². The van der Waals surface area contributed by atoms with Crippen molar-refractivity contribution < 1.29 is 23.9 Å². The first kappa shape index (κ1) is 34.0. The van der Waals surface area contributed by atoms with Gasteiger partial charge in [-0.3, -0.25) is 39.2 Å². The zero-order valence-corrected chi connectivity index (χ0v) is 29.1. The van der Waals surface area contributed by atoms with Crippen LogP contribution in [0, 0.1) is 13.8 Å². The summed E-state index contributed by atoms with van der Waals surface area (Å²) in [5, 5.41) is 14.7. The van der Waals surface area contributed by atoms with Crippen molar-refractivity contribution in [3.05, 3.63) is 76.4 Å². The van der Waals surface area contributed by atoms with E-state index in [2.05, 4.69) is 25.8 Å². The Labute approximate surface area is 296 Å². The highest BCUT2D eigenvalue weighted by molar-refractivity contribution is 6.05. The maximum absolute atomic E-state index is 13.6. The van der Waals surface area contributed by atoms with E-state index in [1.54, 1.807) is 51.8 Å². The van der Waals surface area contributed by atoms with Gasteiger partial charge in [0.1, 0.15) is 29.3 Å². The Morgan fingerprint density at radius 2 is 1.40 bits per heavy atom. The molecule has 0 radical (unpaired) electrons. The number of nitrogens with two attached hydrogens (primary N) is 2. The summed E-state index contributed by atoms with van der Waals surface area (Å²) < 4.78 is 13.2. The van der Waals surface area contributed by atoms with Crippen LogP contribution in [-0.4, -0.2) is 68.9 Å². The third kappa shape index (κ3) is 6.09. The third-order valence-corrected chi connectivity index (χ3v) is 9.10. The summed E-state index contributed by atoms with van der Waals surface area (Å²) in [5.41, 5.74) is 16.2. The Balaban J connectivity index is 1.20. The molecule has 7 rings (SSSR count). The van der Waals surface area contributed by atoms with Crippen molar-refractivity contribution in [2.24, 2.45) is 11.5 Å². The summed E-state index contributed by atoms with van der Waals surface area (Å²) in [7, 11) is 0. The largest absolute Gasteiger partial charge is 0.489 e. The number of primary amides is 2. The van der Waals surface area contributed by atoms with E-state index in [9.17, 15) is 19.2 Å². The molecule has 0 unspecified atom stereocenters. The average molecular weight is 707 g/mol.